The molecule has 2 unspecified atom stereocenters. The SMILES string of the molecule is CCNCc1noc(C2CC2C)n1. The quantitative estimate of drug-likeness (QED) is 0.760. The van der Waals surface area contributed by atoms with Crippen LogP contribution in [0.2, 0.25) is 0 Å². The number of hydrogen-bond donors (Lipinski definition) is 1. The number of rotatable bonds is 4. The first-order valence-electron chi connectivity index (χ1n) is 4.84. The largest absolute Gasteiger partial charge is 0.339 e. The molecule has 0 aliphatic heterocycles. The Labute approximate surface area is 77.7 Å². The number of nitrogens with zero attached hydrogens (tertiary/aromatic N) is 2. The summed E-state index contributed by atoms with van der Waals surface area (Å²) in [5.41, 5.74) is 0. The fraction of sp³-hybridized carbons (Fsp3) is 0.778. The first-order valence-corrected chi connectivity index (χ1v) is 4.84. The molecule has 1 fully saturated rings. The highest BCUT2D eigenvalue weighted by atomic mass is 16.5. The molecule has 13 heavy (non-hydrogen) atoms. The molecule has 1 aromatic rings. The van der Waals surface area contributed by atoms with E-state index in [1.165, 1.54) is 6.42 Å². The number of aromatic nitrogens is 2. The van der Waals surface area contributed by atoms with Crippen LogP contribution < -0.4 is 5.32 Å². The van der Waals surface area contributed by atoms with Crippen molar-refractivity contribution >= 4 is 0 Å². The van der Waals surface area contributed by atoms with Gasteiger partial charge in [-0.05, 0) is 18.9 Å². The Hall–Kier alpha value is -0.900. The Kier molecular flexibility index (Phi) is 2.31. The molecule has 0 aromatic carbocycles. The van der Waals surface area contributed by atoms with Crippen LogP contribution in [0.25, 0.3) is 0 Å². The van der Waals surface area contributed by atoms with E-state index in [0.29, 0.717) is 12.5 Å². The maximum Gasteiger partial charge on any atom is 0.230 e. The lowest BCUT2D eigenvalue weighted by Gasteiger charge is -1.92. The zero-order chi connectivity index (χ0) is 9.26. The summed E-state index contributed by atoms with van der Waals surface area (Å²) in [5.74, 6) is 2.85. The fourth-order valence-corrected chi connectivity index (χ4v) is 1.39. The zero-order valence-electron chi connectivity index (χ0n) is 8.08. The summed E-state index contributed by atoms with van der Waals surface area (Å²) in [4.78, 5) is 4.32. The van der Waals surface area contributed by atoms with E-state index >= 15 is 0 Å². The summed E-state index contributed by atoms with van der Waals surface area (Å²) in [7, 11) is 0. The van der Waals surface area contributed by atoms with Gasteiger partial charge in [-0.2, -0.15) is 4.98 Å². The second-order valence-electron chi connectivity index (χ2n) is 3.65. The van der Waals surface area contributed by atoms with Gasteiger partial charge in [0.2, 0.25) is 5.89 Å². The van der Waals surface area contributed by atoms with Gasteiger partial charge in [-0.1, -0.05) is 19.0 Å². The molecule has 2 atom stereocenters. The third kappa shape index (κ3) is 1.88. The van der Waals surface area contributed by atoms with Crippen molar-refractivity contribution in [3.05, 3.63) is 11.7 Å². The number of nitrogens with one attached hydrogen (secondary N) is 1. The lowest BCUT2D eigenvalue weighted by molar-refractivity contribution is 0.370. The van der Waals surface area contributed by atoms with Gasteiger partial charge in [0.05, 0.1) is 6.54 Å². The van der Waals surface area contributed by atoms with Gasteiger partial charge in [0.1, 0.15) is 0 Å². The van der Waals surface area contributed by atoms with Crippen LogP contribution in [0.1, 0.15) is 37.9 Å². The van der Waals surface area contributed by atoms with Crippen LogP contribution in [0.5, 0.6) is 0 Å². The van der Waals surface area contributed by atoms with E-state index in [1.807, 2.05) is 0 Å². The summed E-state index contributed by atoms with van der Waals surface area (Å²) in [6.45, 7) is 5.91. The second kappa shape index (κ2) is 3.46. The van der Waals surface area contributed by atoms with Crippen molar-refractivity contribution in [1.29, 1.82) is 0 Å². The smallest absolute Gasteiger partial charge is 0.230 e. The van der Waals surface area contributed by atoms with Gasteiger partial charge >= 0.3 is 0 Å². The summed E-state index contributed by atoms with van der Waals surface area (Å²) < 4.78 is 5.15. The topological polar surface area (TPSA) is 51.0 Å². The van der Waals surface area contributed by atoms with Crippen LogP contribution in [0.15, 0.2) is 4.52 Å². The first kappa shape index (κ1) is 8.69. The Bertz CT molecular complexity index is 284. The highest BCUT2D eigenvalue weighted by Gasteiger charge is 2.38. The van der Waals surface area contributed by atoms with Gasteiger partial charge in [0.25, 0.3) is 0 Å². The van der Waals surface area contributed by atoms with Crippen LogP contribution in [0.4, 0.5) is 0 Å². The Morgan fingerprint density at radius 1 is 1.62 bits per heavy atom. The molecule has 1 aliphatic rings. The van der Waals surface area contributed by atoms with Crippen molar-refractivity contribution in [3.8, 4) is 0 Å². The van der Waals surface area contributed by atoms with E-state index in [-0.39, 0.29) is 0 Å². The number of hydrogen-bond acceptors (Lipinski definition) is 4. The highest BCUT2D eigenvalue weighted by Crippen LogP contribution is 2.45. The summed E-state index contributed by atoms with van der Waals surface area (Å²) in [5, 5.41) is 7.06. The lowest BCUT2D eigenvalue weighted by atomic mass is 10.3. The summed E-state index contributed by atoms with van der Waals surface area (Å²) >= 11 is 0. The van der Waals surface area contributed by atoms with E-state index in [1.54, 1.807) is 0 Å². The average molecular weight is 181 g/mol. The minimum absolute atomic E-state index is 0.530. The van der Waals surface area contributed by atoms with Crippen molar-refractivity contribution in [1.82, 2.24) is 15.5 Å². The second-order valence-corrected chi connectivity index (χ2v) is 3.65. The Balaban J connectivity index is 1.94. The minimum Gasteiger partial charge on any atom is -0.339 e. The van der Waals surface area contributed by atoms with Crippen LogP contribution in [0.3, 0.4) is 0 Å². The van der Waals surface area contributed by atoms with Gasteiger partial charge in [-0.25, -0.2) is 0 Å². The summed E-state index contributed by atoms with van der Waals surface area (Å²) in [6.07, 6.45) is 1.20. The third-order valence-electron chi connectivity index (χ3n) is 2.44. The molecule has 72 valence electrons. The highest BCUT2D eigenvalue weighted by molar-refractivity contribution is 5.05. The third-order valence-corrected chi connectivity index (χ3v) is 2.44. The Morgan fingerprint density at radius 3 is 3.00 bits per heavy atom. The molecule has 0 saturated heterocycles. The molecule has 2 rings (SSSR count). The monoisotopic (exact) mass is 181 g/mol. The molecule has 4 heteroatoms. The van der Waals surface area contributed by atoms with Gasteiger partial charge < -0.3 is 9.84 Å². The molecule has 0 spiro atoms. The van der Waals surface area contributed by atoms with E-state index in [9.17, 15) is 0 Å². The van der Waals surface area contributed by atoms with Crippen LogP contribution >= 0.6 is 0 Å². The van der Waals surface area contributed by atoms with Crippen molar-refractivity contribution < 1.29 is 4.52 Å². The first-order chi connectivity index (χ1) is 6.31. The predicted molar refractivity (Wildman–Crippen MR) is 48.2 cm³/mol. The fourth-order valence-electron chi connectivity index (χ4n) is 1.39. The van der Waals surface area contributed by atoms with Crippen LogP contribution in [0, 0.1) is 5.92 Å². The minimum atomic E-state index is 0.530. The zero-order valence-corrected chi connectivity index (χ0v) is 8.08. The van der Waals surface area contributed by atoms with Gasteiger partial charge in [-0.3, -0.25) is 0 Å². The molecule has 1 aromatic heterocycles. The van der Waals surface area contributed by atoms with Crippen molar-refractivity contribution in [2.45, 2.75) is 32.7 Å². The molecule has 4 nitrogen and oxygen atoms in total. The predicted octanol–water partition coefficient (Wildman–Crippen LogP) is 1.30. The molecule has 1 aliphatic carbocycles. The molecule has 0 amide bonds. The lowest BCUT2D eigenvalue weighted by Crippen LogP contribution is -2.12. The van der Waals surface area contributed by atoms with Crippen LogP contribution in [-0.2, 0) is 6.54 Å². The molecule has 0 bridgehead atoms. The summed E-state index contributed by atoms with van der Waals surface area (Å²) in [6, 6.07) is 0. The van der Waals surface area contributed by atoms with Crippen molar-refractivity contribution in [2.75, 3.05) is 6.54 Å². The Morgan fingerprint density at radius 2 is 2.38 bits per heavy atom. The van der Waals surface area contributed by atoms with Gasteiger partial charge in [0.15, 0.2) is 5.82 Å². The standard InChI is InChI=1S/C9H15N3O/c1-3-10-5-8-11-9(13-12-8)7-4-6(7)2/h6-7,10H,3-5H2,1-2H3. The van der Waals surface area contributed by atoms with Crippen LogP contribution in [-0.4, -0.2) is 16.7 Å². The van der Waals surface area contributed by atoms with E-state index < -0.39 is 0 Å². The molecular weight excluding hydrogens is 166 g/mol. The van der Waals surface area contributed by atoms with Gasteiger partial charge in [0, 0.05) is 5.92 Å². The molecule has 0 radical (unpaired) electrons. The average Bonchev–Trinajstić information content (AvgIpc) is 2.67. The molecule has 1 heterocycles. The van der Waals surface area contributed by atoms with Crippen molar-refractivity contribution in [2.24, 2.45) is 5.92 Å². The maximum absolute atomic E-state index is 5.15. The molecule has 1 N–H and O–H groups in total. The van der Waals surface area contributed by atoms with Crippen molar-refractivity contribution in [3.63, 3.8) is 0 Å². The van der Waals surface area contributed by atoms with Gasteiger partial charge in [-0.15, -0.1) is 0 Å². The van der Waals surface area contributed by atoms with E-state index in [4.69, 9.17) is 4.52 Å². The maximum atomic E-state index is 5.15. The van der Waals surface area contributed by atoms with E-state index in [2.05, 4.69) is 29.3 Å². The molecular formula is C9H15N3O. The van der Waals surface area contributed by atoms with E-state index in [0.717, 1.165) is 24.2 Å². The molecule has 1 saturated carbocycles. The normalized spacial score (nSPS) is 26.3.